The number of Topliss-reactive ketones (excluding diaryl/α,β-unsaturated/α-hetero) is 1. The summed E-state index contributed by atoms with van der Waals surface area (Å²) in [6, 6.07) is 2.45. The van der Waals surface area contributed by atoms with E-state index in [1.807, 2.05) is 0 Å². The van der Waals surface area contributed by atoms with E-state index in [-0.39, 0.29) is 10.7 Å². The van der Waals surface area contributed by atoms with Gasteiger partial charge in [0.15, 0.2) is 0 Å². The van der Waals surface area contributed by atoms with Crippen molar-refractivity contribution in [1.29, 1.82) is 0 Å². The monoisotopic (exact) mass is 305 g/mol. The topological polar surface area (TPSA) is 104 Å². The molecule has 1 aromatic rings. The number of rotatable bonds is 4. The molecule has 0 aliphatic carbocycles. The van der Waals surface area contributed by atoms with Crippen molar-refractivity contribution in [2.24, 2.45) is 0 Å². The Balaban J connectivity index is 3.11. The summed E-state index contributed by atoms with van der Waals surface area (Å²) in [6.45, 7) is 2.79. The molecule has 0 bridgehead atoms. The Labute approximate surface area is 115 Å². The predicted octanol–water partition coefficient (Wildman–Crippen LogP) is 1.44. The molecule has 0 aromatic heterocycles. The molecule has 8 heteroatoms. The highest BCUT2D eigenvalue weighted by atomic mass is 35.5. The van der Waals surface area contributed by atoms with Gasteiger partial charge >= 0.3 is 16.1 Å². The van der Waals surface area contributed by atoms with E-state index in [1.165, 1.54) is 6.07 Å². The summed E-state index contributed by atoms with van der Waals surface area (Å²) < 4.78 is 27.9. The Morgan fingerprint density at radius 2 is 1.95 bits per heavy atom. The summed E-state index contributed by atoms with van der Waals surface area (Å²) in [7, 11) is -4.39. The molecule has 0 saturated heterocycles. The highest BCUT2D eigenvalue weighted by molar-refractivity contribution is 7.87. The Kier molecular flexibility index (Phi) is 4.54. The first-order valence-electron chi connectivity index (χ1n) is 5.16. The lowest BCUT2D eigenvalue weighted by Crippen LogP contribution is -2.16. The van der Waals surface area contributed by atoms with Gasteiger partial charge in [0.1, 0.15) is 17.1 Å². The van der Waals surface area contributed by atoms with Crippen molar-refractivity contribution < 1.29 is 22.2 Å². The predicted molar refractivity (Wildman–Crippen MR) is 69.2 cm³/mol. The lowest BCUT2D eigenvalue weighted by atomic mass is 10.2. The third kappa shape index (κ3) is 3.93. The largest absolute Gasteiger partial charge is 0.398 e. The molecule has 0 radical (unpaired) electrons. The van der Waals surface area contributed by atoms with E-state index in [9.17, 15) is 18.0 Å². The molecule has 0 aliphatic heterocycles. The molecular weight excluding hydrogens is 294 g/mol. The number of nitrogens with two attached hydrogens (primary N) is 1. The molecule has 0 spiro atoms. The van der Waals surface area contributed by atoms with E-state index in [1.54, 1.807) is 6.92 Å². The highest BCUT2D eigenvalue weighted by Crippen LogP contribution is 2.27. The molecule has 0 heterocycles. The first-order chi connectivity index (χ1) is 8.63. The van der Waals surface area contributed by atoms with Crippen LogP contribution in [0.2, 0.25) is 5.02 Å². The van der Waals surface area contributed by atoms with Crippen molar-refractivity contribution in [3.05, 3.63) is 22.7 Å². The lowest BCUT2D eigenvalue weighted by molar-refractivity contribution is -0.136. The second-order valence-electron chi connectivity index (χ2n) is 3.93. The third-order valence-corrected chi connectivity index (χ3v) is 3.86. The summed E-state index contributed by atoms with van der Waals surface area (Å²) in [5.41, 5.74) is 6.06. The normalized spacial score (nSPS) is 11.1. The zero-order valence-electron chi connectivity index (χ0n) is 10.3. The standard InChI is InChI=1S/C11H12ClNO5S/c1-6-3-9(13)10(5-8(6)12)19(16,17)18-11(15)4-7(2)14/h3,5H,4,13H2,1-2H3. The smallest absolute Gasteiger partial charge is 0.343 e. The molecule has 0 atom stereocenters. The number of hydrogen-bond donors (Lipinski definition) is 1. The van der Waals surface area contributed by atoms with Crippen LogP contribution in [0.4, 0.5) is 5.69 Å². The van der Waals surface area contributed by atoms with E-state index in [0.29, 0.717) is 5.56 Å². The highest BCUT2D eigenvalue weighted by Gasteiger charge is 2.24. The maximum Gasteiger partial charge on any atom is 0.343 e. The van der Waals surface area contributed by atoms with Gasteiger partial charge in [-0.3, -0.25) is 9.59 Å². The lowest BCUT2D eigenvalue weighted by Gasteiger charge is -2.09. The summed E-state index contributed by atoms with van der Waals surface area (Å²) in [5.74, 6) is -1.67. The molecule has 0 aliphatic rings. The van der Waals surface area contributed by atoms with Crippen LogP contribution < -0.4 is 5.73 Å². The fourth-order valence-corrected chi connectivity index (χ4v) is 2.53. The molecule has 0 amide bonds. The van der Waals surface area contributed by atoms with Gasteiger partial charge in [0.2, 0.25) is 0 Å². The minimum absolute atomic E-state index is 0.0856. The first-order valence-corrected chi connectivity index (χ1v) is 6.94. The maximum atomic E-state index is 11.8. The number of anilines is 1. The number of aryl methyl sites for hydroxylation is 1. The van der Waals surface area contributed by atoms with Gasteiger partial charge in [-0.1, -0.05) is 11.6 Å². The van der Waals surface area contributed by atoms with Crippen molar-refractivity contribution in [2.75, 3.05) is 5.73 Å². The van der Waals surface area contributed by atoms with Gasteiger partial charge < -0.3 is 9.92 Å². The van der Waals surface area contributed by atoms with Crippen LogP contribution in [0.25, 0.3) is 0 Å². The van der Waals surface area contributed by atoms with Crippen LogP contribution >= 0.6 is 11.6 Å². The summed E-state index contributed by atoms with van der Waals surface area (Å²) in [5, 5.41) is 0.176. The van der Waals surface area contributed by atoms with Crippen LogP contribution in [0.15, 0.2) is 17.0 Å². The number of benzene rings is 1. The molecule has 0 fully saturated rings. The molecule has 6 nitrogen and oxygen atoms in total. The number of halogens is 1. The van der Waals surface area contributed by atoms with Crippen LogP contribution in [0.5, 0.6) is 0 Å². The zero-order valence-corrected chi connectivity index (χ0v) is 11.8. The Morgan fingerprint density at radius 1 is 1.37 bits per heavy atom. The Morgan fingerprint density at radius 3 is 2.47 bits per heavy atom. The van der Waals surface area contributed by atoms with Crippen LogP contribution in [0.3, 0.4) is 0 Å². The Bertz CT molecular complexity index is 639. The summed E-state index contributed by atoms with van der Waals surface area (Å²) in [6.07, 6.45) is -0.626. The van der Waals surface area contributed by atoms with Crippen molar-refractivity contribution in [2.45, 2.75) is 25.2 Å². The van der Waals surface area contributed by atoms with E-state index >= 15 is 0 Å². The molecule has 104 valence electrons. The fourth-order valence-electron chi connectivity index (χ4n) is 1.30. The molecule has 1 rings (SSSR count). The Hall–Kier alpha value is -1.60. The van der Waals surface area contributed by atoms with Gasteiger partial charge in [0.05, 0.1) is 5.69 Å². The summed E-state index contributed by atoms with van der Waals surface area (Å²) in [4.78, 5) is 21.5. The molecule has 2 N–H and O–H groups in total. The van der Waals surface area contributed by atoms with Gasteiger partial charge in [0.25, 0.3) is 0 Å². The number of carbonyl (C=O) groups excluding carboxylic acids is 2. The van der Waals surface area contributed by atoms with E-state index in [0.717, 1.165) is 13.0 Å². The van der Waals surface area contributed by atoms with Gasteiger partial charge in [-0.15, -0.1) is 0 Å². The summed E-state index contributed by atoms with van der Waals surface area (Å²) >= 11 is 5.80. The number of carbonyl (C=O) groups is 2. The average Bonchev–Trinajstić information content (AvgIpc) is 2.20. The van der Waals surface area contributed by atoms with E-state index in [2.05, 4.69) is 4.18 Å². The molecule has 0 saturated carbocycles. The van der Waals surface area contributed by atoms with Gasteiger partial charge in [0, 0.05) is 5.02 Å². The second-order valence-corrected chi connectivity index (χ2v) is 5.85. The van der Waals surface area contributed by atoms with Crippen molar-refractivity contribution in [1.82, 2.24) is 0 Å². The van der Waals surface area contributed by atoms with Crippen molar-refractivity contribution in [3.8, 4) is 0 Å². The van der Waals surface area contributed by atoms with Gasteiger partial charge in [-0.25, -0.2) is 0 Å². The third-order valence-electron chi connectivity index (χ3n) is 2.16. The van der Waals surface area contributed by atoms with E-state index in [4.69, 9.17) is 17.3 Å². The zero-order chi connectivity index (χ0) is 14.8. The van der Waals surface area contributed by atoms with Crippen LogP contribution in [-0.4, -0.2) is 20.2 Å². The molecule has 0 unspecified atom stereocenters. The first kappa shape index (κ1) is 15.5. The van der Waals surface area contributed by atoms with E-state index < -0.39 is 33.2 Å². The van der Waals surface area contributed by atoms with Gasteiger partial charge in [-0.2, -0.15) is 8.42 Å². The van der Waals surface area contributed by atoms with Crippen LogP contribution in [0.1, 0.15) is 18.9 Å². The SMILES string of the molecule is CC(=O)CC(=O)OS(=O)(=O)c1cc(Cl)c(C)cc1N. The van der Waals surface area contributed by atoms with Crippen molar-refractivity contribution >= 4 is 39.2 Å². The minimum Gasteiger partial charge on any atom is -0.398 e. The quantitative estimate of drug-likeness (QED) is 0.513. The minimum atomic E-state index is -4.39. The number of ketones is 1. The fraction of sp³-hybridized carbons (Fsp3) is 0.273. The van der Waals surface area contributed by atoms with Gasteiger partial charge in [-0.05, 0) is 31.5 Å². The van der Waals surface area contributed by atoms with Crippen LogP contribution in [0, 0.1) is 6.92 Å². The molecule has 19 heavy (non-hydrogen) atoms. The second kappa shape index (κ2) is 5.58. The number of nitrogen functional groups attached to an aromatic ring is 1. The van der Waals surface area contributed by atoms with Crippen molar-refractivity contribution in [3.63, 3.8) is 0 Å². The number of hydrogen-bond acceptors (Lipinski definition) is 6. The van der Waals surface area contributed by atoms with Crippen LogP contribution in [-0.2, 0) is 23.9 Å². The maximum absolute atomic E-state index is 11.8. The average molecular weight is 306 g/mol. The molecular formula is C11H12ClNO5S. The molecule has 1 aromatic carbocycles.